The van der Waals surface area contributed by atoms with E-state index in [9.17, 15) is 18.0 Å². The van der Waals surface area contributed by atoms with Gasteiger partial charge in [-0.15, -0.1) is 0 Å². The number of H-pyrrole nitrogens is 2. The van der Waals surface area contributed by atoms with E-state index in [1.54, 1.807) is 13.0 Å². The molecule has 0 aliphatic carbocycles. The van der Waals surface area contributed by atoms with Crippen LogP contribution in [-0.4, -0.2) is 58.9 Å². The second-order valence-corrected chi connectivity index (χ2v) is 9.09. The number of alkyl halides is 3. The molecule has 0 saturated carbocycles. The first-order valence-electron chi connectivity index (χ1n) is 11.5. The number of fused-ring (bicyclic) bond motifs is 1. The first kappa shape index (κ1) is 23.2. The summed E-state index contributed by atoms with van der Waals surface area (Å²) < 4.78 is 40.3. The summed E-state index contributed by atoms with van der Waals surface area (Å²) >= 11 is 0. The van der Waals surface area contributed by atoms with Gasteiger partial charge in [0.25, 0.3) is 0 Å². The number of carbonyl (C=O) groups excluding carboxylic acids is 1. The molecule has 3 heterocycles. The van der Waals surface area contributed by atoms with Crippen LogP contribution in [0.4, 0.5) is 18.9 Å². The van der Waals surface area contributed by atoms with E-state index in [0.29, 0.717) is 33.9 Å². The van der Waals surface area contributed by atoms with E-state index in [1.807, 2.05) is 18.2 Å². The number of nitrogens with one attached hydrogen (secondary N) is 2. The summed E-state index contributed by atoms with van der Waals surface area (Å²) in [5.41, 5.74) is 4.04. The van der Waals surface area contributed by atoms with Crippen LogP contribution in [0.1, 0.15) is 28.5 Å². The molecule has 6 nitrogen and oxygen atoms in total. The predicted octanol–water partition coefficient (Wildman–Crippen LogP) is 5.51. The zero-order valence-corrected chi connectivity index (χ0v) is 19.8. The number of benzene rings is 2. The summed E-state index contributed by atoms with van der Waals surface area (Å²) in [7, 11) is 2.11. The number of rotatable bonds is 4. The van der Waals surface area contributed by atoms with Crippen LogP contribution in [0.3, 0.4) is 0 Å². The van der Waals surface area contributed by atoms with Crippen LogP contribution in [-0.2, 0) is 6.18 Å². The lowest BCUT2D eigenvalue weighted by atomic mass is 9.96. The molecule has 4 aromatic rings. The van der Waals surface area contributed by atoms with Crippen LogP contribution in [0.5, 0.6) is 0 Å². The summed E-state index contributed by atoms with van der Waals surface area (Å²) in [4.78, 5) is 28.4. The Morgan fingerprint density at radius 2 is 1.77 bits per heavy atom. The van der Waals surface area contributed by atoms with Gasteiger partial charge in [0.1, 0.15) is 0 Å². The molecule has 35 heavy (non-hydrogen) atoms. The number of aromatic amines is 2. The smallest absolute Gasteiger partial charge is 0.369 e. The second-order valence-electron chi connectivity index (χ2n) is 9.09. The summed E-state index contributed by atoms with van der Waals surface area (Å²) in [6.07, 6.45) is -4.49. The van der Waals surface area contributed by atoms with Crippen molar-refractivity contribution >= 4 is 22.5 Å². The molecule has 1 saturated heterocycles. The number of Topliss-reactive ketones (excluding diaryl/α,β-unsaturated/α-hetero) is 1. The molecule has 5 rings (SSSR count). The van der Waals surface area contributed by atoms with Crippen LogP contribution in [0.2, 0.25) is 0 Å². The van der Waals surface area contributed by atoms with E-state index in [-0.39, 0.29) is 5.78 Å². The molecule has 1 aliphatic heterocycles. The highest BCUT2D eigenvalue weighted by atomic mass is 19.4. The number of ketones is 1. The zero-order chi connectivity index (χ0) is 24.9. The van der Waals surface area contributed by atoms with Crippen molar-refractivity contribution in [1.29, 1.82) is 0 Å². The Balaban J connectivity index is 1.62. The normalized spacial score (nSPS) is 15.2. The molecule has 0 unspecified atom stereocenters. The molecule has 0 bridgehead atoms. The van der Waals surface area contributed by atoms with Crippen molar-refractivity contribution in [2.75, 3.05) is 38.1 Å². The minimum atomic E-state index is -4.49. The maximum Gasteiger partial charge on any atom is 0.416 e. The Kier molecular flexibility index (Phi) is 5.67. The molecular weight excluding hydrogens is 455 g/mol. The van der Waals surface area contributed by atoms with Crippen LogP contribution in [0.15, 0.2) is 42.5 Å². The third kappa shape index (κ3) is 4.32. The number of anilines is 1. The van der Waals surface area contributed by atoms with Gasteiger partial charge in [0.05, 0.1) is 22.3 Å². The first-order chi connectivity index (χ1) is 16.6. The summed E-state index contributed by atoms with van der Waals surface area (Å²) in [5, 5.41) is 0. The SMILES string of the molecule is CC(=O)c1c(C)[nH]c(-c2nc3ccc(N4CCN(C)CC4)cc3[nH]2)c1-c1cccc(C(F)(F)F)c1. The van der Waals surface area contributed by atoms with E-state index >= 15 is 0 Å². The van der Waals surface area contributed by atoms with Crippen molar-refractivity contribution < 1.29 is 18.0 Å². The molecule has 2 aromatic carbocycles. The molecule has 182 valence electrons. The number of halogens is 3. The largest absolute Gasteiger partial charge is 0.416 e. The summed E-state index contributed by atoms with van der Waals surface area (Å²) in [5.74, 6) is 0.240. The van der Waals surface area contributed by atoms with E-state index in [2.05, 4.69) is 26.8 Å². The quantitative estimate of drug-likeness (QED) is 0.378. The number of aromatic nitrogens is 3. The third-order valence-corrected chi connectivity index (χ3v) is 6.59. The molecule has 1 fully saturated rings. The summed E-state index contributed by atoms with van der Waals surface area (Å²) in [6.45, 7) is 6.99. The summed E-state index contributed by atoms with van der Waals surface area (Å²) in [6, 6.07) is 11.1. The van der Waals surface area contributed by atoms with Crippen LogP contribution in [0.25, 0.3) is 33.7 Å². The topological polar surface area (TPSA) is 68.0 Å². The Morgan fingerprint density at radius 3 is 2.46 bits per heavy atom. The van der Waals surface area contributed by atoms with Crippen molar-refractivity contribution in [3.8, 4) is 22.6 Å². The number of hydrogen-bond acceptors (Lipinski definition) is 4. The van der Waals surface area contributed by atoms with Gasteiger partial charge in [-0.3, -0.25) is 4.79 Å². The fourth-order valence-corrected chi connectivity index (χ4v) is 4.76. The lowest BCUT2D eigenvalue weighted by molar-refractivity contribution is -0.137. The fourth-order valence-electron chi connectivity index (χ4n) is 4.76. The molecule has 2 N–H and O–H groups in total. The van der Waals surface area contributed by atoms with E-state index < -0.39 is 11.7 Å². The van der Waals surface area contributed by atoms with Gasteiger partial charge in [-0.25, -0.2) is 4.98 Å². The molecule has 0 spiro atoms. The predicted molar refractivity (Wildman–Crippen MR) is 131 cm³/mol. The second kappa shape index (κ2) is 8.57. The third-order valence-electron chi connectivity index (χ3n) is 6.59. The molecule has 2 aromatic heterocycles. The van der Waals surface area contributed by atoms with Gasteiger partial charge in [0.15, 0.2) is 11.6 Å². The van der Waals surface area contributed by atoms with E-state index in [0.717, 1.165) is 55.0 Å². The number of piperazine rings is 1. The number of imidazole rings is 1. The zero-order valence-electron chi connectivity index (χ0n) is 19.8. The minimum absolute atomic E-state index is 0.231. The maximum atomic E-state index is 13.4. The van der Waals surface area contributed by atoms with Gasteiger partial charge >= 0.3 is 6.18 Å². The maximum absolute atomic E-state index is 13.4. The molecule has 9 heteroatoms. The molecule has 1 aliphatic rings. The van der Waals surface area contributed by atoms with Crippen LogP contribution in [0, 0.1) is 6.92 Å². The van der Waals surface area contributed by atoms with Gasteiger partial charge in [-0.2, -0.15) is 13.2 Å². The number of likely N-dealkylation sites (N-methyl/N-ethyl adjacent to an activating group) is 1. The van der Waals surface area contributed by atoms with Gasteiger partial charge in [-0.1, -0.05) is 12.1 Å². The van der Waals surface area contributed by atoms with Gasteiger partial charge < -0.3 is 19.8 Å². The van der Waals surface area contributed by atoms with Crippen LogP contribution >= 0.6 is 0 Å². The monoisotopic (exact) mass is 481 g/mol. The number of carbonyl (C=O) groups is 1. The van der Waals surface area contributed by atoms with Crippen LogP contribution < -0.4 is 4.90 Å². The molecule has 0 atom stereocenters. The lowest BCUT2D eigenvalue weighted by Crippen LogP contribution is -2.44. The Morgan fingerprint density at radius 1 is 1.03 bits per heavy atom. The Bertz CT molecular complexity index is 1410. The minimum Gasteiger partial charge on any atom is -0.369 e. The Labute approximate surface area is 200 Å². The van der Waals surface area contributed by atoms with Crippen molar-refractivity contribution in [3.63, 3.8) is 0 Å². The van der Waals surface area contributed by atoms with Gasteiger partial charge in [-0.05, 0) is 56.8 Å². The fraction of sp³-hybridized carbons (Fsp3) is 0.308. The molecule has 0 radical (unpaired) electrons. The highest BCUT2D eigenvalue weighted by Crippen LogP contribution is 2.39. The Hall–Kier alpha value is -3.59. The lowest BCUT2D eigenvalue weighted by Gasteiger charge is -2.34. The molecular formula is C26H26F3N5O. The van der Waals surface area contributed by atoms with Gasteiger partial charge in [0, 0.05) is 48.7 Å². The standard InChI is InChI=1S/C26H26F3N5O/c1-15-22(16(2)35)23(17-5-4-6-18(13-17)26(27,28)29)24(30-15)25-31-20-8-7-19(14-21(20)32-25)34-11-9-33(3)10-12-34/h4-8,13-14,30H,9-12H2,1-3H3,(H,31,32). The highest BCUT2D eigenvalue weighted by molar-refractivity contribution is 6.05. The number of hydrogen-bond donors (Lipinski definition) is 2. The van der Waals surface area contributed by atoms with E-state index in [4.69, 9.17) is 4.98 Å². The van der Waals surface area contributed by atoms with Crippen molar-refractivity contribution in [3.05, 3.63) is 59.3 Å². The number of nitrogens with zero attached hydrogens (tertiary/aromatic N) is 3. The van der Waals surface area contributed by atoms with Crippen molar-refractivity contribution in [1.82, 2.24) is 19.9 Å². The van der Waals surface area contributed by atoms with Gasteiger partial charge in [0.2, 0.25) is 0 Å². The average molecular weight is 482 g/mol. The van der Waals surface area contributed by atoms with Crippen molar-refractivity contribution in [2.24, 2.45) is 0 Å². The van der Waals surface area contributed by atoms with E-state index in [1.165, 1.54) is 13.0 Å². The molecule has 0 amide bonds. The highest BCUT2D eigenvalue weighted by Gasteiger charge is 2.31. The first-order valence-corrected chi connectivity index (χ1v) is 11.5. The van der Waals surface area contributed by atoms with Crippen molar-refractivity contribution in [2.45, 2.75) is 20.0 Å². The average Bonchev–Trinajstić information content (AvgIpc) is 3.39. The number of aryl methyl sites for hydroxylation is 1.